The van der Waals surface area contributed by atoms with Crippen LogP contribution < -0.4 is 4.72 Å². The molecule has 1 heterocycles. The van der Waals surface area contributed by atoms with Crippen LogP contribution in [-0.2, 0) is 16.6 Å². The first-order chi connectivity index (χ1) is 9.81. The molecule has 0 bridgehead atoms. The third kappa shape index (κ3) is 3.43. The third-order valence-electron chi connectivity index (χ3n) is 2.78. The molecule has 0 saturated carbocycles. The summed E-state index contributed by atoms with van der Waals surface area (Å²) < 4.78 is 40.1. The molecular formula is C12H11FN2O4S2. The van der Waals surface area contributed by atoms with Gasteiger partial charge in [0.25, 0.3) is 0 Å². The second-order valence-corrected chi connectivity index (χ2v) is 6.80. The molecule has 0 saturated heterocycles. The van der Waals surface area contributed by atoms with Gasteiger partial charge in [0, 0.05) is 12.6 Å². The first-order valence-corrected chi connectivity index (χ1v) is 8.19. The Balaban J connectivity index is 2.35. The number of nitro benzene ring substituents is 1. The zero-order chi connectivity index (χ0) is 15.6. The molecule has 2 aromatic rings. The summed E-state index contributed by atoms with van der Waals surface area (Å²) in [5.41, 5.74) is 0.0188. The lowest BCUT2D eigenvalue weighted by molar-refractivity contribution is -0.387. The van der Waals surface area contributed by atoms with Crippen LogP contribution in [0.1, 0.15) is 11.1 Å². The van der Waals surface area contributed by atoms with Crippen molar-refractivity contribution in [2.75, 3.05) is 0 Å². The summed E-state index contributed by atoms with van der Waals surface area (Å²) in [4.78, 5) is 9.46. The van der Waals surface area contributed by atoms with Gasteiger partial charge in [-0.2, -0.15) is 15.7 Å². The van der Waals surface area contributed by atoms with E-state index in [-0.39, 0.29) is 17.0 Å². The molecule has 0 spiro atoms. The Morgan fingerprint density at radius 2 is 2.14 bits per heavy atom. The topological polar surface area (TPSA) is 89.3 Å². The summed E-state index contributed by atoms with van der Waals surface area (Å²) in [6.07, 6.45) is 0. The van der Waals surface area contributed by atoms with Crippen LogP contribution in [0.3, 0.4) is 0 Å². The molecule has 112 valence electrons. The zero-order valence-electron chi connectivity index (χ0n) is 10.9. The smallest absolute Gasteiger partial charge is 0.258 e. The number of thiophene rings is 1. The third-order valence-corrected chi connectivity index (χ3v) is 5.05. The Hall–Kier alpha value is -1.84. The highest BCUT2D eigenvalue weighted by molar-refractivity contribution is 7.89. The van der Waals surface area contributed by atoms with Gasteiger partial charge in [-0.15, -0.1) is 0 Å². The summed E-state index contributed by atoms with van der Waals surface area (Å²) in [5.74, 6) is -1.06. The Morgan fingerprint density at radius 1 is 1.43 bits per heavy atom. The molecule has 0 aliphatic carbocycles. The molecule has 6 nitrogen and oxygen atoms in total. The number of hydrogen-bond donors (Lipinski definition) is 1. The number of halogens is 1. The van der Waals surface area contributed by atoms with Crippen molar-refractivity contribution in [3.8, 4) is 0 Å². The van der Waals surface area contributed by atoms with Crippen LogP contribution in [-0.4, -0.2) is 13.3 Å². The van der Waals surface area contributed by atoms with Gasteiger partial charge >= 0.3 is 5.69 Å². The van der Waals surface area contributed by atoms with Crippen molar-refractivity contribution in [2.24, 2.45) is 0 Å². The predicted molar refractivity (Wildman–Crippen MR) is 76.1 cm³/mol. The van der Waals surface area contributed by atoms with Crippen LogP contribution in [0.5, 0.6) is 0 Å². The van der Waals surface area contributed by atoms with E-state index in [1.165, 1.54) is 18.3 Å². The lowest BCUT2D eigenvalue weighted by Crippen LogP contribution is -2.24. The van der Waals surface area contributed by atoms with Crippen LogP contribution >= 0.6 is 11.3 Å². The molecule has 0 aliphatic rings. The fraction of sp³-hybridized carbons (Fsp3) is 0.167. The molecule has 0 unspecified atom stereocenters. The van der Waals surface area contributed by atoms with Crippen LogP contribution in [0.25, 0.3) is 0 Å². The molecule has 1 N–H and O–H groups in total. The SMILES string of the molecule is Cc1cc(F)c([N+](=O)[O-])cc1S(=O)(=O)NCc1ccsc1. The number of benzene rings is 1. The predicted octanol–water partition coefficient (Wildman–Crippen LogP) is 2.58. The Kier molecular flexibility index (Phi) is 4.35. The number of rotatable bonds is 5. The molecule has 0 fully saturated rings. The van der Waals surface area contributed by atoms with E-state index in [0.29, 0.717) is 0 Å². The summed E-state index contributed by atoms with van der Waals surface area (Å²) in [6.45, 7) is 1.45. The molecule has 0 amide bonds. The molecule has 0 aliphatic heterocycles. The van der Waals surface area contributed by atoms with Gasteiger partial charge in [-0.3, -0.25) is 10.1 Å². The lowest BCUT2D eigenvalue weighted by atomic mass is 10.2. The molecule has 0 radical (unpaired) electrons. The molecule has 9 heteroatoms. The monoisotopic (exact) mass is 330 g/mol. The second kappa shape index (κ2) is 5.88. The fourth-order valence-corrected chi connectivity index (χ4v) is 3.65. The van der Waals surface area contributed by atoms with E-state index in [1.807, 2.05) is 0 Å². The van der Waals surface area contributed by atoms with Crippen LogP contribution in [0.15, 0.2) is 33.9 Å². The van der Waals surface area contributed by atoms with Crippen LogP contribution in [0.4, 0.5) is 10.1 Å². The Morgan fingerprint density at radius 3 is 2.71 bits per heavy atom. The van der Waals surface area contributed by atoms with Crippen molar-refractivity contribution in [2.45, 2.75) is 18.4 Å². The number of nitro groups is 1. The minimum atomic E-state index is -3.96. The Bertz CT molecular complexity index is 773. The molecule has 21 heavy (non-hydrogen) atoms. The maximum atomic E-state index is 13.4. The first kappa shape index (κ1) is 15.5. The van der Waals surface area contributed by atoms with E-state index in [0.717, 1.165) is 17.7 Å². The largest absolute Gasteiger partial charge is 0.306 e. The maximum absolute atomic E-state index is 13.4. The van der Waals surface area contributed by atoms with Crippen molar-refractivity contribution < 1.29 is 17.7 Å². The van der Waals surface area contributed by atoms with Gasteiger partial charge in [-0.05, 0) is 40.9 Å². The average Bonchev–Trinajstić information content (AvgIpc) is 2.88. The average molecular weight is 330 g/mol. The van der Waals surface area contributed by atoms with Gasteiger partial charge in [-0.1, -0.05) is 0 Å². The van der Waals surface area contributed by atoms with Crippen molar-refractivity contribution in [1.29, 1.82) is 0 Å². The second-order valence-electron chi connectivity index (χ2n) is 4.28. The summed E-state index contributed by atoms with van der Waals surface area (Å²) in [7, 11) is -3.96. The summed E-state index contributed by atoms with van der Waals surface area (Å²) in [5, 5.41) is 14.3. The van der Waals surface area contributed by atoms with Crippen molar-refractivity contribution in [1.82, 2.24) is 4.72 Å². The van der Waals surface area contributed by atoms with E-state index in [1.54, 1.807) is 16.8 Å². The molecule has 1 aromatic heterocycles. The van der Waals surface area contributed by atoms with Crippen LogP contribution in [0, 0.1) is 22.9 Å². The fourth-order valence-electron chi connectivity index (χ4n) is 1.72. The molecular weight excluding hydrogens is 319 g/mol. The van der Waals surface area contributed by atoms with E-state index in [2.05, 4.69) is 4.72 Å². The van der Waals surface area contributed by atoms with Crippen molar-refractivity contribution in [3.05, 3.63) is 56.0 Å². The van der Waals surface area contributed by atoms with Gasteiger partial charge in [0.05, 0.1) is 9.82 Å². The van der Waals surface area contributed by atoms with Crippen LogP contribution in [0.2, 0.25) is 0 Å². The van der Waals surface area contributed by atoms with E-state index in [4.69, 9.17) is 0 Å². The maximum Gasteiger partial charge on any atom is 0.306 e. The summed E-state index contributed by atoms with van der Waals surface area (Å²) in [6, 6.07) is 3.34. The number of nitrogens with zero attached hydrogens (tertiary/aromatic N) is 1. The molecule has 2 rings (SSSR count). The highest BCUT2D eigenvalue weighted by atomic mass is 32.2. The van der Waals surface area contributed by atoms with Gasteiger partial charge in [0.2, 0.25) is 15.8 Å². The number of hydrogen-bond acceptors (Lipinski definition) is 5. The van der Waals surface area contributed by atoms with Gasteiger partial charge in [0.15, 0.2) is 0 Å². The summed E-state index contributed by atoms with van der Waals surface area (Å²) >= 11 is 1.42. The van der Waals surface area contributed by atoms with Crippen molar-refractivity contribution in [3.63, 3.8) is 0 Å². The first-order valence-electron chi connectivity index (χ1n) is 5.76. The zero-order valence-corrected chi connectivity index (χ0v) is 12.5. The highest BCUT2D eigenvalue weighted by Crippen LogP contribution is 2.25. The quantitative estimate of drug-likeness (QED) is 0.674. The van der Waals surface area contributed by atoms with Gasteiger partial charge in [-0.25, -0.2) is 13.1 Å². The minimum Gasteiger partial charge on any atom is -0.258 e. The molecule has 1 aromatic carbocycles. The van der Waals surface area contributed by atoms with Crippen molar-refractivity contribution >= 4 is 27.0 Å². The van der Waals surface area contributed by atoms with E-state index < -0.39 is 26.5 Å². The van der Waals surface area contributed by atoms with E-state index >= 15 is 0 Å². The number of nitrogens with one attached hydrogen (secondary N) is 1. The standard InChI is InChI=1S/C12H11FN2O4S2/c1-8-4-10(13)11(15(16)17)5-12(8)21(18,19)14-6-9-2-3-20-7-9/h2-5,7,14H,6H2,1H3. The Labute approximate surface area is 124 Å². The highest BCUT2D eigenvalue weighted by Gasteiger charge is 2.24. The lowest BCUT2D eigenvalue weighted by Gasteiger charge is -2.09. The number of sulfonamides is 1. The number of aryl methyl sites for hydroxylation is 1. The molecule has 0 atom stereocenters. The van der Waals surface area contributed by atoms with Gasteiger partial charge < -0.3 is 0 Å². The van der Waals surface area contributed by atoms with E-state index in [9.17, 15) is 22.9 Å². The minimum absolute atomic E-state index is 0.0659. The van der Waals surface area contributed by atoms with Gasteiger partial charge in [0.1, 0.15) is 0 Å². The normalized spacial score (nSPS) is 11.5.